The summed E-state index contributed by atoms with van der Waals surface area (Å²) in [7, 11) is 0. The predicted octanol–water partition coefficient (Wildman–Crippen LogP) is 2.93. The van der Waals surface area contributed by atoms with Gasteiger partial charge in [-0.05, 0) is 36.0 Å². The molecule has 0 amide bonds. The summed E-state index contributed by atoms with van der Waals surface area (Å²) < 4.78 is 26.4. The molecule has 0 aliphatic rings. The average molecular weight is 317 g/mol. The van der Waals surface area contributed by atoms with Crippen LogP contribution < -0.4 is 11.5 Å². The monoisotopic (exact) mass is 317 g/mol. The van der Waals surface area contributed by atoms with Crippen molar-refractivity contribution in [3.63, 3.8) is 0 Å². The quantitative estimate of drug-likeness (QED) is 0.503. The third-order valence-corrected chi connectivity index (χ3v) is 3.42. The van der Waals surface area contributed by atoms with Crippen LogP contribution >= 0.6 is 0 Å². The largest absolute Gasteiger partial charge is 0.404 e. The molecule has 0 spiro atoms. The minimum atomic E-state index is -0.746. The van der Waals surface area contributed by atoms with Gasteiger partial charge in [0, 0.05) is 23.9 Å². The minimum Gasteiger partial charge on any atom is -0.404 e. The Morgan fingerprint density at radius 2 is 2.04 bits per heavy atom. The van der Waals surface area contributed by atoms with Crippen molar-refractivity contribution in [2.24, 2.45) is 16.5 Å². The number of aromatic amines is 1. The Kier molecular flexibility index (Phi) is 4.90. The lowest BCUT2D eigenvalue weighted by Gasteiger charge is -2.10. The van der Waals surface area contributed by atoms with E-state index in [0.717, 1.165) is 17.8 Å². The number of nitrogens with one attached hydrogen (secondary N) is 2. The molecule has 120 valence electrons. The molecule has 6 N–H and O–H groups in total. The molecule has 1 aromatic heterocycles. The van der Waals surface area contributed by atoms with E-state index in [-0.39, 0.29) is 17.4 Å². The van der Waals surface area contributed by atoms with Gasteiger partial charge in [-0.25, -0.2) is 8.78 Å². The molecule has 0 aliphatic heterocycles. The molecule has 0 aliphatic carbocycles. The molecule has 0 fully saturated rings. The zero-order chi connectivity index (χ0) is 17.0. The Hall–Kier alpha value is -2.96. The van der Waals surface area contributed by atoms with Gasteiger partial charge in [-0.2, -0.15) is 0 Å². The highest BCUT2D eigenvalue weighted by atomic mass is 19.1. The third-order valence-electron chi connectivity index (χ3n) is 3.42. The normalized spacial score (nSPS) is 13.4. The summed E-state index contributed by atoms with van der Waals surface area (Å²) in [4.78, 5) is 7.02. The van der Waals surface area contributed by atoms with Crippen LogP contribution in [0.25, 0.3) is 0 Å². The van der Waals surface area contributed by atoms with E-state index in [1.807, 2.05) is 6.92 Å². The van der Waals surface area contributed by atoms with Crippen LogP contribution in [-0.2, 0) is 0 Å². The highest BCUT2D eigenvalue weighted by molar-refractivity contribution is 5.93. The maximum Gasteiger partial charge on any atom is 0.151 e. The second-order valence-electron chi connectivity index (χ2n) is 4.98. The lowest BCUT2D eigenvalue weighted by Crippen LogP contribution is -2.12. The molecule has 5 nitrogen and oxygen atoms in total. The van der Waals surface area contributed by atoms with Crippen molar-refractivity contribution in [1.82, 2.24) is 4.98 Å². The number of halogens is 2. The number of allylic oxidation sites excluding steroid dienone is 1. The van der Waals surface area contributed by atoms with Crippen molar-refractivity contribution in [3.05, 3.63) is 65.1 Å². The lowest BCUT2D eigenvalue weighted by atomic mass is 9.99. The van der Waals surface area contributed by atoms with Crippen molar-refractivity contribution in [1.29, 1.82) is 5.41 Å². The van der Waals surface area contributed by atoms with Crippen LogP contribution in [-0.4, -0.2) is 17.0 Å². The second kappa shape index (κ2) is 6.87. The molecule has 1 heterocycles. The maximum absolute atomic E-state index is 13.6. The number of hydrogen-bond donors (Lipinski definition) is 4. The van der Waals surface area contributed by atoms with E-state index < -0.39 is 11.6 Å². The van der Waals surface area contributed by atoms with Gasteiger partial charge in [0.05, 0.1) is 11.4 Å². The van der Waals surface area contributed by atoms with Crippen molar-refractivity contribution in [2.75, 3.05) is 0 Å². The Bertz CT molecular complexity index is 777. The number of nitrogens with zero attached hydrogens (tertiary/aromatic N) is 1. The third kappa shape index (κ3) is 3.82. The standard InChI is InChI=1S/C16H17F2N5/c1-9(13-4-5-15(23-13)16(20)21)10(7-19)8-22-14-3-2-11(17)6-12(14)18/h2-9,23H,19H2,1H3,(H3,20,21). The molecule has 23 heavy (non-hydrogen) atoms. The highest BCUT2D eigenvalue weighted by Crippen LogP contribution is 2.23. The van der Waals surface area contributed by atoms with E-state index in [2.05, 4.69) is 9.98 Å². The van der Waals surface area contributed by atoms with Gasteiger partial charge in [-0.3, -0.25) is 10.4 Å². The SMILES string of the molecule is CC(C(C=Nc1ccc(F)cc1F)=CN)c1ccc(C(=N)N)[nH]1. The van der Waals surface area contributed by atoms with E-state index in [4.69, 9.17) is 16.9 Å². The molecule has 1 aromatic carbocycles. The number of nitrogen functional groups attached to an aromatic ring is 1. The summed E-state index contributed by atoms with van der Waals surface area (Å²) in [5, 5.41) is 7.38. The molecule has 2 aromatic rings. The van der Waals surface area contributed by atoms with Gasteiger partial charge < -0.3 is 16.5 Å². The molecule has 1 atom stereocenters. The van der Waals surface area contributed by atoms with Crippen LogP contribution in [0.1, 0.15) is 24.2 Å². The fourth-order valence-corrected chi connectivity index (χ4v) is 2.03. The second-order valence-corrected chi connectivity index (χ2v) is 4.98. The van der Waals surface area contributed by atoms with Gasteiger partial charge in [-0.15, -0.1) is 0 Å². The topological polar surface area (TPSA) is 104 Å². The van der Waals surface area contributed by atoms with E-state index in [0.29, 0.717) is 11.3 Å². The zero-order valence-corrected chi connectivity index (χ0v) is 12.5. The number of aliphatic imine (C=N–C) groups is 1. The number of benzene rings is 1. The van der Waals surface area contributed by atoms with Crippen molar-refractivity contribution < 1.29 is 8.78 Å². The van der Waals surface area contributed by atoms with Gasteiger partial charge in [0.15, 0.2) is 5.82 Å². The first-order chi connectivity index (χ1) is 10.9. The number of rotatable bonds is 5. The number of amidine groups is 1. The smallest absolute Gasteiger partial charge is 0.151 e. The van der Waals surface area contributed by atoms with E-state index in [9.17, 15) is 8.78 Å². The molecule has 2 rings (SSSR count). The molecule has 1 unspecified atom stereocenters. The predicted molar refractivity (Wildman–Crippen MR) is 87.0 cm³/mol. The first kappa shape index (κ1) is 16.4. The van der Waals surface area contributed by atoms with Gasteiger partial charge in [0.2, 0.25) is 0 Å². The fourth-order valence-electron chi connectivity index (χ4n) is 2.03. The fraction of sp³-hybridized carbons (Fsp3) is 0.125. The van der Waals surface area contributed by atoms with Gasteiger partial charge >= 0.3 is 0 Å². The van der Waals surface area contributed by atoms with E-state index in [1.54, 1.807) is 12.1 Å². The summed E-state index contributed by atoms with van der Waals surface area (Å²) in [6, 6.07) is 6.64. The van der Waals surface area contributed by atoms with Gasteiger partial charge in [-0.1, -0.05) is 6.92 Å². The summed E-state index contributed by atoms with van der Waals surface area (Å²) in [6.45, 7) is 1.88. The minimum absolute atomic E-state index is 0.0221. The molecular weight excluding hydrogens is 300 g/mol. The molecule has 0 saturated carbocycles. The average Bonchev–Trinajstić information content (AvgIpc) is 2.99. The zero-order valence-electron chi connectivity index (χ0n) is 12.5. The molecule has 0 radical (unpaired) electrons. The number of nitrogens with two attached hydrogens (primary N) is 2. The van der Waals surface area contributed by atoms with Crippen molar-refractivity contribution in [3.8, 4) is 0 Å². The van der Waals surface area contributed by atoms with Crippen LogP contribution in [0.2, 0.25) is 0 Å². The van der Waals surface area contributed by atoms with Crippen LogP contribution in [0.15, 0.2) is 47.1 Å². The van der Waals surface area contributed by atoms with E-state index in [1.165, 1.54) is 18.5 Å². The van der Waals surface area contributed by atoms with Crippen molar-refractivity contribution in [2.45, 2.75) is 12.8 Å². The highest BCUT2D eigenvalue weighted by Gasteiger charge is 2.13. The molecular formula is C16H17F2N5. The van der Waals surface area contributed by atoms with Crippen molar-refractivity contribution >= 4 is 17.7 Å². The summed E-state index contributed by atoms with van der Waals surface area (Å²) in [5.74, 6) is -1.64. The summed E-state index contributed by atoms with van der Waals surface area (Å²) in [5.41, 5.74) is 13.0. The Morgan fingerprint density at radius 3 is 2.61 bits per heavy atom. The van der Waals surface area contributed by atoms with Crippen LogP contribution in [0, 0.1) is 17.0 Å². The Morgan fingerprint density at radius 1 is 1.30 bits per heavy atom. The first-order valence-corrected chi connectivity index (χ1v) is 6.86. The van der Waals surface area contributed by atoms with Gasteiger partial charge in [0.1, 0.15) is 11.7 Å². The van der Waals surface area contributed by atoms with Crippen LogP contribution in [0.3, 0.4) is 0 Å². The van der Waals surface area contributed by atoms with Crippen LogP contribution in [0.4, 0.5) is 14.5 Å². The number of hydrogen-bond acceptors (Lipinski definition) is 3. The molecule has 7 heteroatoms. The number of aromatic nitrogens is 1. The van der Waals surface area contributed by atoms with Gasteiger partial charge in [0.25, 0.3) is 0 Å². The summed E-state index contributed by atoms with van der Waals surface area (Å²) >= 11 is 0. The first-order valence-electron chi connectivity index (χ1n) is 6.86. The van der Waals surface area contributed by atoms with Crippen LogP contribution in [0.5, 0.6) is 0 Å². The Labute approximate surface area is 132 Å². The maximum atomic E-state index is 13.6. The molecule has 0 bridgehead atoms. The number of H-pyrrole nitrogens is 1. The molecule has 0 saturated heterocycles. The lowest BCUT2D eigenvalue weighted by molar-refractivity contribution is 0.585. The summed E-state index contributed by atoms with van der Waals surface area (Å²) in [6.07, 6.45) is 2.79. The Balaban J connectivity index is 2.21. The van der Waals surface area contributed by atoms with E-state index >= 15 is 0 Å².